The van der Waals surface area contributed by atoms with E-state index in [9.17, 15) is 0 Å². The van der Waals surface area contributed by atoms with Crippen LogP contribution in [0.1, 0.15) is 55.1 Å². The third kappa shape index (κ3) is 4.34. The van der Waals surface area contributed by atoms with E-state index in [2.05, 4.69) is 88.2 Å². The van der Waals surface area contributed by atoms with Crippen molar-refractivity contribution in [3.05, 3.63) is 83.6 Å². The van der Waals surface area contributed by atoms with Gasteiger partial charge in [-0.2, -0.15) is 0 Å². The molecule has 6 nitrogen and oxygen atoms in total. The van der Waals surface area contributed by atoms with Gasteiger partial charge in [0.25, 0.3) is 0 Å². The molecular formula is C32H34N6. The molecule has 1 aliphatic heterocycles. The van der Waals surface area contributed by atoms with Crippen LogP contribution in [-0.2, 0) is 19.4 Å². The number of fused-ring (bicyclic) bond motifs is 4. The van der Waals surface area contributed by atoms with Crippen LogP contribution in [0.3, 0.4) is 0 Å². The highest BCUT2D eigenvalue weighted by molar-refractivity contribution is 5.83. The SMILES string of the molecule is CCCNCc1nc2ccc(-c3ccc(-c4ccc5c(c4)CCc4[nH]c([C@@H]6CCCN6)nc4-5)cc3)cc2[nH]1. The van der Waals surface area contributed by atoms with E-state index >= 15 is 0 Å². The second-order valence-electron chi connectivity index (χ2n) is 10.6. The van der Waals surface area contributed by atoms with E-state index in [1.54, 1.807) is 0 Å². The summed E-state index contributed by atoms with van der Waals surface area (Å²) in [5.41, 5.74) is 12.1. The number of hydrogen-bond donors (Lipinski definition) is 4. The van der Waals surface area contributed by atoms with Crippen LogP contribution >= 0.6 is 0 Å². The molecule has 1 atom stereocenters. The maximum absolute atomic E-state index is 5.03. The molecule has 5 aromatic rings. The predicted octanol–water partition coefficient (Wildman–Crippen LogP) is 6.31. The molecule has 0 spiro atoms. The summed E-state index contributed by atoms with van der Waals surface area (Å²) in [5.74, 6) is 2.10. The summed E-state index contributed by atoms with van der Waals surface area (Å²) in [6.07, 6.45) is 5.59. The Balaban J connectivity index is 1.11. The molecule has 2 aliphatic rings. The molecule has 0 saturated carbocycles. The van der Waals surface area contributed by atoms with Crippen LogP contribution < -0.4 is 10.6 Å². The number of aromatic amines is 2. The Morgan fingerprint density at radius 1 is 0.868 bits per heavy atom. The Labute approximate surface area is 223 Å². The number of nitrogens with zero attached hydrogens (tertiary/aromatic N) is 2. The molecular weight excluding hydrogens is 468 g/mol. The van der Waals surface area contributed by atoms with Crippen LogP contribution in [0.15, 0.2) is 60.7 Å². The van der Waals surface area contributed by atoms with Gasteiger partial charge in [0.15, 0.2) is 0 Å². The van der Waals surface area contributed by atoms with Crippen molar-refractivity contribution in [1.29, 1.82) is 0 Å². The van der Waals surface area contributed by atoms with Crippen LogP contribution in [0.5, 0.6) is 0 Å². The Morgan fingerprint density at radius 3 is 2.45 bits per heavy atom. The lowest BCUT2D eigenvalue weighted by Gasteiger charge is -2.16. The van der Waals surface area contributed by atoms with Crippen LogP contribution in [0, 0.1) is 0 Å². The van der Waals surface area contributed by atoms with Gasteiger partial charge in [-0.05, 0) is 85.1 Å². The first kappa shape index (κ1) is 23.4. The van der Waals surface area contributed by atoms with E-state index in [0.29, 0.717) is 6.04 Å². The highest BCUT2D eigenvalue weighted by Gasteiger charge is 2.25. The van der Waals surface area contributed by atoms with Crippen molar-refractivity contribution in [3.63, 3.8) is 0 Å². The monoisotopic (exact) mass is 502 g/mol. The molecule has 0 unspecified atom stereocenters. The Hall–Kier alpha value is -3.74. The molecule has 3 heterocycles. The van der Waals surface area contributed by atoms with Crippen LogP contribution in [-0.4, -0.2) is 33.0 Å². The zero-order chi connectivity index (χ0) is 25.5. The largest absolute Gasteiger partial charge is 0.344 e. The van der Waals surface area contributed by atoms with E-state index in [1.165, 1.54) is 51.9 Å². The Bertz CT molecular complexity index is 1590. The van der Waals surface area contributed by atoms with Crippen molar-refractivity contribution in [2.24, 2.45) is 0 Å². The van der Waals surface area contributed by atoms with Gasteiger partial charge < -0.3 is 20.6 Å². The van der Waals surface area contributed by atoms with Crippen LogP contribution in [0.2, 0.25) is 0 Å². The maximum atomic E-state index is 5.03. The highest BCUT2D eigenvalue weighted by atomic mass is 15.0. The number of imidazole rings is 2. The smallest absolute Gasteiger partial charge is 0.124 e. The summed E-state index contributed by atoms with van der Waals surface area (Å²) < 4.78 is 0. The van der Waals surface area contributed by atoms with Gasteiger partial charge in [0, 0.05) is 11.3 Å². The summed E-state index contributed by atoms with van der Waals surface area (Å²) in [6.45, 7) is 5.04. The molecule has 7 rings (SSSR count). The summed E-state index contributed by atoms with van der Waals surface area (Å²) in [7, 11) is 0. The van der Waals surface area contributed by atoms with E-state index < -0.39 is 0 Å². The van der Waals surface area contributed by atoms with Crippen molar-refractivity contribution < 1.29 is 0 Å². The highest BCUT2D eigenvalue weighted by Crippen LogP contribution is 2.36. The third-order valence-electron chi connectivity index (χ3n) is 7.99. The van der Waals surface area contributed by atoms with Gasteiger partial charge in [0.05, 0.1) is 29.3 Å². The van der Waals surface area contributed by atoms with E-state index in [0.717, 1.165) is 67.3 Å². The minimum Gasteiger partial charge on any atom is -0.344 e. The normalized spacial score (nSPS) is 16.6. The van der Waals surface area contributed by atoms with Crippen molar-refractivity contribution in [2.45, 2.75) is 51.6 Å². The molecule has 0 radical (unpaired) electrons. The van der Waals surface area contributed by atoms with Gasteiger partial charge in [-0.25, -0.2) is 9.97 Å². The number of benzene rings is 3. The maximum Gasteiger partial charge on any atom is 0.124 e. The molecule has 1 saturated heterocycles. The minimum absolute atomic E-state index is 0.376. The van der Waals surface area contributed by atoms with E-state index in [-0.39, 0.29) is 0 Å². The van der Waals surface area contributed by atoms with Gasteiger partial charge in [-0.1, -0.05) is 55.5 Å². The van der Waals surface area contributed by atoms with Crippen molar-refractivity contribution in [1.82, 2.24) is 30.6 Å². The van der Waals surface area contributed by atoms with Gasteiger partial charge >= 0.3 is 0 Å². The number of aryl methyl sites for hydroxylation is 2. The fraction of sp³-hybridized carbons (Fsp3) is 0.312. The Morgan fingerprint density at radius 2 is 1.66 bits per heavy atom. The first-order chi connectivity index (χ1) is 18.7. The standard InChI is InChI=1S/C32H34N6/c1-2-15-33-19-30-35-26-13-10-23(18-29(26)36-30)21-7-5-20(6-8-21)22-9-12-25-24(17-22)11-14-27-31(25)38-32(37-27)28-4-3-16-34-28/h5-10,12-13,17-18,28,33-34H,2-4,11,14-16,19H2,1H3,(H,35,36)(H,37,38)/t28-/m0/s1. The molecule has 192 valence electrons. The van der Waals surface area contributed by atoms with Gasteiger partial charge in [-0.15, -0.1) is 0 Å². The molecule has 1 aliphatic carbocycles. The second kappa shape index (κ2) is 9.86. The quantitative estimate of drug-likeness (QED) is 0.197. The van der Waals surface area contributed by atoms with E-state index in [4.69, 9.17) is 9.97 Å². The Kier molecular flexibility index (Phi) is 6.06. The predicted molar refractivity (Wildman–Crippen MR) is 154 cm³/mol. The number of rotatable bonds is 7. The first-order valence-corrected chi connectivity index (χ1v) is 14.0. The molecule has 3 aromatic carbocycles. The van der Waals surface area contributed by atoms with Crippen molar-refractivity contribution in [3.8, 4) is 33.5 Å². The fourth-order valence-corrected chi connectivity index (χ4v) is 5.95. The zero-order valence-corrected chi connectivity index (χ0v) is 21.9. The summed E-state index contributed by atoms with van der Waals surface area (Å²) in [6, 6.07) is 22.7. The fourth-order valence-electron chi connectivity index (χ4n) is 5.95. The molecule has 38 heavy (non-hydrogen) atoms. The second-order valence-corrected chi connectivity index (χ2v) is 10.6. The summed E-state index contributed by atoms with van der Waals surface area (Å²) in [5, 5.41) is 6.99. The lowest BCUT2D eigenvalue weighted by Crippen LogP contribution is -2.14. The lowest BCUT2D eigenvalue weighted by molar-refractivity contribution is 0.611. The first-order valence-electron chi connectivity index (χ1n) is 14.0. The number of H-pyrrole nitrogens is 2. The molecule has 6 heteroatoms. The van der Waals surface area contributed by atoms with Gasteiger partial charge in [0.2, 0.25) is 0 Å². The van der Waals surface area contributed by atoms with Gasteiger partial charge in [0.1, 0.15) is 11.6 Å². The van der Waals surface area contributed by atoms with Crippen LogP contribution in [0.4, 0.5) is 0 Å². The van der Waals surface area contributed by atoms with Crippen LogP contribution in [0.25, 0.3) is 44.5 Å². The number of aromatic nitrogens is 4. The average molecular weight is 503 g/mol. The third-order valence-corrected chi connectivity index (χ3v) is 7.99. The minimum atomic E-state index is 0.376. The zero-order valence-electron chi connectivity index (χ0n) is 21.9. The summed E-state index contributed by atoms with van der Waals surface area (Å²) >= 11 is 0. The molecule has 0 amide bonds. The topological polar surface area (TPSA) is 81.4 Å². The van der Waals surface area contributed by atoms with Gasteiger partial charge in [-0.3, -0.25) is 0 Å². The van der Waals surface area contributed by atoms with E-state index in [1.807, 2.05) is 0 Å². The lowest BCUT2D eigenvalue weighted by atomic mass is 9.89. The number of hydrogen-bond acceptors (Lipinski definition) is 4. The molecule has 1 fully saturated rings. The molecule has 2 aromatic heterocycles. The molecule has 4 N–H and O–H groups in total. The van der Waals surface area contributed by atoms with Crippen molar-refractivity contribution in [2.75, 3.05) is 13.1 Å². The average Bonchev–Trinajstić information content (AvgIpc) is 3.72. The molecule has 0 bridgehead atoms. The van der Waals surface area contributed by atoms with Crippen molar-refractivity contribution >= 4 is 11.0 Å². The number of nitrogens with one attached hydrogen (secondary N) is 4. The summed E-state index contributed by atoms with van der Waals surface area (Å²) in [4.78, 5) is 16.8.